The second-order valence-electron chi connectivity index (χ2n) is 6.34. The van der Waals surface area contributed by atoms with Gasteiger partial charge in [-0.15, -0.1) is 0 Å². The minimum absolute atomic E-state index is 0.105. The van der Waals surface area contributed by atoms with Crippen molar-refractivity contribution < 1.29 is 13.5 Å². The van der Waals surface area contributed by atoms with Crippen molar-refractivity contribution in [3.05, 3.63) is 29.8 Å². The van der Waals surface area contributed by atoms with Crippen LogP contribution in [0.1, 0.15) is 38.7 Å². The van der Waals surface area contributed by atoms with Crippen molar-refractivity contribution in [1.29, 1.82) is 0 Å². The minimum Gasteiger partial charge on any atom is -0.391 e. The van der Waals surface area contributed by atoms with Crippen molar-refractivity contribution in [2.24, 2.45) is 5.14 Å². The number of hydrogen-bond donors (Lipinski definition) is 2. The summed E-state index contributed by atoms with van der Waals surface area (Å²) >= 11 is 0. The molecule has 0 aliphatic carbocycles. The lowest BCUT2D eigenvalue weighted by molar-refractivity contribution is 0.0417. The molecular weight excluding hydrogens is 300 g/mol. The molecule has 1 aliphatic heterocycles. The van der Waals surface area contributed by atoms with Gasteiger partial charge in [-0.05, 0) is 38.3 Å². The minimum atomic E-state index is -3.76. The number of nitrogens with zero attached hydrogens (tertiary/aromatic N) is 1. The highest BCUT2D eigenvalue weighted by atomic mass is 32.2. The van der Waals surface area contributed by atoms with E-state index in [9.17, 15) is 13.5 Å². The third-order valence-corrected chi connectivity index (χ3v) is 5.54. The van der Waals surface area contributed by atoms with Crippen LogP contribution in [0.4, 0.5) is 0 Å². The van der Waals surface area contributed by atoms with Gasteiger partial charge < -0.3 is 5.11 Å². The fourth-order valence-corrected chi connectivity index (χ4v) is 4.13. The Morgan fingerprint density at radius 3 is 2.45 bits per heavy atom. The molecule has 0 bridgehead atoms. The van der Waals surface area contributed by atoms with Crippen molar-refractivity contribution in [3.8, 4) is 0 Å². The molecule has 1 heterocycles. The zero-order valence-corrected chi connectivity index (χ0v) is 14.1. The van der Waals surface area contributed by atoms with E-state index in [1.165, 1.54) is 12.5 Å². The fourth-order valence-electron chi connectivity index (χ4n) is 3.35. The van der Waals surface area contributed by atoms with Gasteiger partial charge in [-0.1, -0.05) is 24.6 Å². The van der Waals surface area contributed by atoms with Gasteiger partial charge in [0, 0.05) is 25.0 Å². The molecule has 1 aromatic rings. The highest BCUT2D eigenvalue weighted by molar-refractivity contribution is 7.89. The van der Waals surface area contributed by atoms with Gasteiger partial charge in [0.15, 0.2) is 0 Å². The maximum Gasteiger partial charge on any atom is 0.238 e. The van der Waals surface area contributed by atoms with Crippen molar-refractivity contribution in [1.82, 2.24) is 4.90 Å². The van der Waals surface area contributed by atoms with E-state index in [0.717, 1.165) is 12.8 Å². The van der Waals surface area contributed by atoms with Crippen LogP contribution in [0.15, 0.2) is 29.2 Å². The van der Waals surface area contributed by atoms with Gasteiger partial charge in [0.25, 0.3) is 0 Å². The van der Waals surface area contributed by atoms with Crippen LogP contribution in [-0.4, -0.2) is 43.2 Å². The monoisotopic (exact) mass is 326 g/mol. The SMILES string of the molecule is C[C@@H]1CCC[C@H](C)N1C[C@H](O)Cc1ccccc1S(N)(=O)=O. The maximum absolute atomic E-state index is 11.6. The molecule has 1 fully saturated rings. The fraction of sp³-hybridized carbons (Fsp3) is 0.625. The summed E-state index contributed by atoms with van der Waals surface area (Å²) in [5.41, 5.74) is 0.579. The molecule has 0 aromatic heterocycles. The first-order chi connectivity index (χ1) is 10.3. The molecule has 5 nitrogen and oxygen atoms in total. The van der Waals surface area contributed by atoms with Crippen molar-refractivity contribution in [3.63, 3.8) is 0 Å². The van der Waals surface area contributed by atoms with Crippen LogP contribution in [0.3, 0.4) is 0 Å². The first kappa shape index (κ1) is 17.4. The maximum atomic E-state index is 11.6. The van der Waals surface area contributed by atoms with Crippen LogP contribution < -0.4 is 5.14 Å². The molecule has 0 unspecified atom stereocenters. The zero-order chi connectivity index (χ0) is 16.3. The molecule has 3 atom stereocenters. The Morgan fingerprint density at radius 2 is 1.86 bits per heavy atom. The van der Waals surface area contributed by atoms with Crippen molar-refractivity contribution >= 4 is 10.0 Å². The third-order valence-electron chi connectivity index (χ3n) is 4.53. The topological polar surface area (TPSA) is 83.6 Å². The van der Waals surface area contributed by atoms with Gasteiger partial charge in [0.1, 0.15) is 0 Å². The summed E-state index contributed by atoms with van der Waals surface area (Å²) in [6.07, 6.45) is 3.20. The number of sulfonamides is 1. The summed E-state index contributed by atoms with van der Waals surface area (Å²) in [7, 11) is -3.76. The van der Waals surface area contributed by atoms with Gasteiger partial charge in [0.2, 0.25) is 10.0 Å². The van der Waals surface area contributed by atoms with E-state index in [0.29, 0.717) is 30.6 Å². The number of β-amino-alcohol motifs (C(OH)–C–C–N with tert-alkyl or cyclic N) is 1. The number of rotatable bonds is 5. The van der Waals surface area contributed by atoms with Gasteiger partial charge in [-0.25, -0.2) is 13.6 Å². The standard InChI is InChI=1S/C16H26N2O3S/c1-12-6-5-7-13(2)18(12)11-15(19)10-14-8-3-4-9-16(14)22(17,20)21/h3-4,8-9,12-13,15,19H,5-7,10-11H2,1-2H3,(H2,17,20,21)/t12-,13+,15-/m1/s1. The Bertz CT molecular complexity index is 593. The lowest BCUT2D eigenvalue weighted by Gasteiger charge is -2.40. The van der Waals surface area contributed by atoms with Crippen LogP contribution in [0.2, 0.25) is 0 Å². The lowest BCUT2D eigenvalue weighted by atomic mass is 9.96. The molecule has 3 N–H and O–H groups in total. The predicted octanol–water partition coefficient (Wildman–Crippen LogP) is 1.50. The van der Waals surface area contributed by atoms with E-state index in [4.69, 9.17) is 5.14 Å². The highest BCUT2D eigenvalue weighted by Crippen LogP contribution is 2.23. The molecule has 0 amide bonds. The van der Waals surface area contributed by atoms with Crippen LogP contribution in [0.5, 0.6) is 0 Å². The van der Waals surface area contributed by atoms with Crippen molar-refractivity contribution in [2.45, 2.75) is 62.6 Å². The molecule has 1 aromatic carbocycles. The number of piperidine rings is 1. The number of benzene rings is 1. The Morgan fingerprint density at radius 1 is 1.27 bits per heavy atom. The lowest BCUT2D eigenvalue weighted by Crippen LogP contribution is -2.47. The first-order valence-electron chi connectivity index (χ1n) is 7.83. The van der Waals surface area contributed by atoms with Crippen LogP contribution in [-0.2, 0) is 16.4 Å². The number of aliphatic hydroxyl groups excluding tert-OH is 1. The van der Waals surface area contributed by atoms with E-state index in [-0.39, 0.29) is 4.90 Å². The molecule has 0 saturated carbocycles. The number of hydrogen-bond acceptors (Lipinski definition) is 4. The van der Waals surface area contributed by atoms with Crippen LogP contribution in [0.25, 0.3) is 0 Å². The Labute approximate surface area is 133 Å². The molecule has 6 heteroatoms. The normalized spacial score (nSPS) is 25.1. The van der Waals surface area contributed by atoms with Crippen molar-refractivity contribution in [2.75, 3.05) is 6.54 Å². The molecule has 0 radical (unpaired) electrons. The number of primary sulfonamides is 1. The van der Waals surface area contributed by atoms with Gasteiger partial charge in [0.05, 0.1) is 11.0 Å². The quantitative estimate of drug-likeness (QED) is 0.859. The summed E-state index contributed by atoms with van der Waals surface area (Å²) in [5, 5.41) is 15.6. The highest BCUT2D eigenvalue weighted by Gasteiger charge is 2.27. The Hall–Kier alpha value is -0.950. The third kappa shape index (κ3) is 4.29. The van der Waals surface area contributed by atoms with E-state index >= 15 is 0 Å². The summed E-state index contributed by atoms with van der Waals surface area (Å²) in [5.74, 6) is 0. The van der Waals surface area contributed by atoms with E-state index in [1.807, 2.05) is 0 Å². The molecule has 1 saturated heterocycles. The van der Waals surface area contributed by atoms with Gasteiger partial charge >= 0.3 is 0 Å². The van der Waals surface area contributed by atoms with E-state index < -0.39 is 16.1 Å². The van der Waals surface area contributed by atoms with E-state index in [1.54, 1.807) is 18.2 Å². The summed E-state index contributed by atoms with van der Waals surface area (Å²) < 4.78 is 23.2. The van der Waals surface area contributed by atoms with Gasteiger partial charge in [-0.3, -0.25) is 4.90 Å². The largest absolute Gasteiger partial charge is 0.391 e. The van der Waals surface area contributed by atoms with Crippen LogP contribution in [0, 0.1) is 0 Å². The second-order valence-corrected chi connectivity index (χ2v) is 7.87. The average molecular weight is 326 g/mol. The van der Waals surface area contributed by atoms with E-state index in [2.05, 4.69) is 18.7 Å². The molecule has 2 rings (SSSR count). The predicted molar refractivity (Wildman–Crippen MR) is 87.0 cm³/mol. The molecule has 124 valence electrons. The van der Waals surface area contributed by atoms with Crippen LogP contribution >= 0.6 is 0 Å². The molecule has 22 heavy (non-hydrogen) atoms. The number of likely N-dealkylation sites (tertiary alicyclic amines) is 1. The number of nitrogens with two attached hydrogens (primary N) is 1. The summed E-state index contributed by atoms with van der Waals surface area (Å²) in [6.45, 7) is 4.92. The zero-order valence-electron chi connectivity index (χ0n) is 13.3. The Balaban J connectivity index is 2.08. The molecule has 0 spiro atoms. The second kappa shape index (κ2) is 7.08. The smallest absolute Gasteiger partial charge is 0.238 e. The summed E-state index contributed by atoms with van der Waals surface area (Å²) in [6, 6.07) is 7.52. The Kier molecular flexibility index (Phi) is 5.60. The van der Waals surface area contributed by atoms with Gasteiger partial charge in [-0.2, -0.15) is 0 Å². The molecular formula is C16H26N2O3S. The average Bonchev–Trinajstić information content (AvgIpc) is 2.42. The number of aliphatic hydroxyl groups is 1. The first-order valence-corrected chi connectivity index (χ1v) is 9.38. The summed E-state index contributed by atoms with van der Waals surface area (Å²) in [4.78, 5) is 2.42. The molecule has 1 aliphatic rings.